The summed E-state index contributed by atoms with van der Waals surface area (Å²) in [5.41, 5.74) is 7.79. The first kappa shape index (κ1) is 28.9. The van der Waals surface area contributed by atoms with E-state index in [1.807, 2.05) is 35.1 Å². The molecule has 1 atom stereocenters. The molecular weight excluding hydrogens is 548 g/mol. The molecule has 2 fully saturated rings. The molecule has 11 nitrogen and oxygen atoms in total. The van der Waals surface area contributed by atoms with E-state index < -0.39 is 0 Å². The number of benzene rings is 2. The number of ether oxygens (including phenoxy) is 3. The van der Waals surface area contributed by atoms with Gasteiger partial charge in [0.25, 0.3) is 0 Å². The Hall–Kier alpha value is -4.22. The predicted octanol–water partition coefficient (Wildman–Crippen LogP) is 5.41. The van der Waals surface area contributed by atoms with Crippen LogP contribution in [0.5, 0.6) is 11.5 Å². The van der Waals surface area contributed by atoms with Gasteiger partial charge < -0.3 is 19.1 Å². The molecule has 2 aromatic heterocycles. The van der Waals surface area contributed by atoms with Gasteiger partial charge in [-0.15, -0.1) is 0 Å². The van der Waals surface area contributed by atoms with Crippen LogP contribution in [0.2, 0.25) is 0 Å². The monoisotopic (exact) mass is 586 g/mol. The van der Waals surface area contributed by atoms with Gasteiger partial charge in [0.2, 0.25) is 5.91 Å². The zero-order valence-corrected chi connectivity index (χ0v) is 24.7. The highest BCUT2D eigenvalue weighted by Gasteiger charge is 2.26. The van der Waals surface area contributed by atoms with Crippen molar-refractivity contribution in [1.82, 2.24) is 25.2 Å². The fourth-order valence-electron chi connectivity index (χ4n) is 5.18. The normalized spacial score (nSPS) is 16.7. The Kier molecular flexibility index (Phi) is 8.99. The fraction of sp³-hybridized carbons (Fsp3) is 0.438. The maximum atomic E-state index is 12.2. The summed E-state index contributed by atoms with van der Waals surface area (Å²) in [5, 5.41) is 4.48. The van der Waals surface area contributed by atoms with Crippen molar-refractivity contribution in [2.45, 2.75) is 57.8 Å². The Morgan fingerprint density at radius 2 is 1.86 bits per heavy atom. The lowest BCUT2D eigenvalue weighted by atomic mass is 10.1. The fourth-order valence-corrected chi connectivity index (χ4v) is 5.18. The van der Waals surface area contributed by atoms with Crippen molar-refractivity contribution in [3.05, 3.63) is 55.0 Å². The average molecular weight is 587 g/mol. The topological polar surface area (TPSA) is 113 Å². The average Bonchev–Trinajstić information content (AvgIpc) is 3.76. The summed E-state index contributed by atoms with van der Waals surface area (Å²) in [6, 6.07) is 12.1. The molecule has 2 aromatic carbocycles. The largest absolute Gasteiger partial charge is 0.497 e. The van der Waals surface area contributed by atoms with Gasteiger partial charge in [-0.25, -0.2) is 15.3 Å². The summed E-state index contributed by atoms with van der Waals surface area (Å²) in [6.07, 6.45) is 11.4. The molecular formula is C32H38N6O5. The van der Waals surface area contributed by atoms with Crippen molar-refractivity contribution in [3.8, 4) is 22.8 Å². The number of methoxy groups -OCH3 is 2. The molecule has 1 aliphatic carbocycles. The van der Waals surface area contributed by atoms with Gasteiger partial charge in [-0.3, -0.25) is 14.5 Å². The van der Waals surface area contributed by atoms with Gasteiger partial charge in [-0.2, -0.15) is 5.10 Å². The third-order valence-electron chi connectivity index (χ3n) is 7.79. The molecule has 6 rings (SSSR count). The van der Waals surface area contributed by atoms with Gasteiger partial charge in [0.05, 0.1) is 43.3 Å². The molecule has 3 heterocycles. The number of hydrogen-bond acceptors (Lipinski definition) is 9. The van der Waals surface area contributed by atoms with Crippen molar-refractivity contribution < 1.29 is 23.8 Å². The molecule has 0 bridgehead atoms. The molecule has 1 aliphatic heterocycles. The number of carbonyl (C=O) groups excluding carboxylic acids is 1. The van der Waals surface area contributed by atoms with Gasteiger partial charge in [-0.05, 0) is 56.2 Å². The van der Waals surface area contributed by atoms with Crippen LogP contribution in [0.3, 0.4) is 0 Å². The minimum absolute atomic E-state index is 0.166. The molecule has 4 aromatic rings. The second-order valence-electron chi connectivity index (χ2n) is 11.1. The highest BCUT2D eigenvalue weighted by atomic mass is 16.8. The number of hydrogen-bond donors (Lipinski definition) is 1. The summed E-state index contributed by atoms with van der Waals surface area (Å²) < 4.78 is 18.4. The quantitative estimate of drug-likeness (QED) is 0.205. The van der Waals surface area contributed by atoms with Gasteiger partial charge in [0.1, 0.15) is 11.5 Å². The number of carbonyl (C=O) groups is 1. The first-order valence-electron chi connectivity index (χ1n) is 14.9. The van der Waals surface area contributed by atoms with E-state index >= 15 is 0 Å². The minimum Gasteiger partial charge on any atom is -0.497 e. The van der Waals surface area contributed by atoms with E-state index in [1.165, 1.54) is 12.8 Å². The number of nitrogens with zero attached hydrogens (tertiary/aromatic N) is 5. The van der Waals surface area contributed by atoms with E-state index in [2.05, 4.69) is 32.6 Å². The Bertz CT molecular complexity index is 1530. The number of anilines is 2. The zero-order chi connectivity index (χ0) is 29.6. The van der Waals surface area contributed by atoms with Crippen LogP contribution in [0.4, 0.5) is 11.4 Å². The number of nitrogens with one attached hydrogen (secondary N) is 1. The number of fused-ring (bicyclic) bond motifs is 1. The maximum absolute atomic E-state index is 12.2. The molecule has 0 radical (unpaired) electrons. The van der Waals surface area contributed by atoms with Gasteiger partial charge in [0, 0.05) is 73.9 Å². The van der Waals surface area contributed by atoms with Crippen LogP contribution in [0.25, 0.3) is 22.3 Å². The van der Waals surface area contributed by atoms with Crippen molar-refractivity contribution >= 4 is 28.3 Å². The van der Waals surface area contributed by atoms with E-state index in [-0.39, 0.29) is 12.2 Å². The van der Waals surface area contributed by atoms with E-state index in [9.17, 15) is 4.79 Å². The minimum atomic E-state index is -0.350. The van der Waals surface area contributed by atoms with Crippen LogP contribution in [0, 0.1) is 5.92 Å². The summed E-state index contributed by atoms with van der Waals surface area (Å²) >= 11 is 0. The van der Waals surface area contributed by atoms with Crippen LogP contribution < -0.4 is 19.9 Å². The zero-order valence-electron chi connectivity index (χ0n) is 24.7. The highest BCUT2D eigenvalue weighted by molar-refractivity contribution is 5.82. The van der Waals surface area contributed by atoms with Crippen LogP contribution in [-0.2, 0) is 20.9 Å². The number of amides is 1. The second-order valence-corrected chi connectivity index (χ2v) is 11.1. The maximum Gasteiger partial charge on any atom is 0.243 e. The van der Waals surface area contributed by atoms with Crippen molar-refractivity contribution in [1.29, 1.82) is 0 Å². The lowest BCUT2D eigenvalue weighted by Crippen LogP contribution is -2.33. The Labute approximate surface area is 251 Å². The molecule has 43 heavy (non-hydrogen) atoms. The number of aromatic nitrogens is 4. The Morgan fingerprint density at radius 1 is 1.02 bits per heavy atom. The molecule has 226 valence electrons. The molecule has 1 N–H and O–H groups in total. The third kappa shape index (κ3) is 7.41. The molecule has 0 spiro atoms. The molecule has 1 unspecified atom stereocenters. The van der Waals surface area contributed by atoms with Gasteiger partial charge in [0.15, 0.2) is 6.29 Å². The molecule has 2 aliphatic rings. The highest BCUT2D eigenvalue weighted by Crippen LogP contribution is 2.38. The summed E-state index contributed by atoms with van der Waals surface area (Å²) in [4.78, 5) is 29.5. The lowest BCUT2D eigenvalue weighted by molar-refractivity contribution is -0.200. The second kappa shape index (κ2) is 13.4. The van der Waals surface area contributed by atoms with Crippen LogP contribution in [0.1, 0.15) is 44.9 Å². The van der Waals surface area contributed by atoms with Crippen LogP contribution in [-0.4, -0.2) is 59.3 Å². The number of hydroxylamine groups is 1. The lowest BCUT2D eigenvalue weighted by Gasteiger charge is -2.26. The standard InChI is InChI=1S/C32H38N6O5/c1-40-26-14-25(15-27(17-26)41-2)38(20-22-8-9-22)24-10-11-28-29(16-24)35-30(19-33-28)23-18-34-37(21-23)12-5-6-31(39)36-43-32-7-3-4-13-42-32/h10-11,14-19,21-22,32H,3-9,12-13,20H2,1-2H3,(H,36,39). The van der Waals surface area contributed by atoms with E-state index in [1.54, 1.807) is 26.6 Å². The van der Waals surface area contributed by atoms with E-state index in [0.717, 1.165) is 71.0 Å². The summed E-state index contributed by atoms with van der Waals surface area (Å²) in [5.74, 6) is 1.98. The molecule has 1 saturated heterocycles. The third-order valence-corrected chi connectivity index (χ3v) is 7.79. The summed E-state index contributed by atoms with van der Waals surface area (Å²) in [7, 11) is 3.33. The van der Waals surface area contributed by atoms with Crippen LogP contribution >= 0.6 is 0 Å². The predicted molar refractivity (Wildman–Crippen MR) is 162 cm³/mol. The number of aryl methyl sites for hydroxylation is 1. The first-order chi connectivity index (χ1) is 21.1. The van der Waals surface area contributed by atoms with Crippen LogP contribution in [0.15, 0.2) is 55.0 Å². The van der Waals surface area contributed by atoms with Crippen molar-refractivity contribution in [2.75, 3.05) is 32.3 Å². The van der Waals surface area contributed by atoms with Gasteiger partial charge in [-0.1, -0.05) is 0 Å². The molecule has 1 amide bonds. The first-order valence-corrected chi connectivity index (χ1v) is 14.9. The SMILES string of the molecule is COc1cc(OC)cc(N(CC2CC2)c2ccc3ncc(-c4cnn(CCCC(=O)NOC5CCCCO5)c4)nc3c2)c1. The smallest absolute Gasteiger partial charge is 0.243 e. The molecule has 1 saturated carbocycles. The van der Waals surface area contributed by atoms with E-state index in [4.69, 9.17) is 24.0 Å². The van der Waals surface area contributed by atoms with E-state index in [0.29, 0.717) is 31.9 Å². The molecule has 11 heteroatoms. The van der Waals surface area contributed by atoms with Crippen molar-refractivity contribution in [2.24, 2.45) is 5.92 Å². The summed E-state index contributed by atoms with van der Waals surface area (Å²) in [6.45, 7) is 2.17. The Morgan fingerprint density at radius 3 is 2.60 bits per heavy atom. The number of rotatable bonds is 13. The van der Waals surface area contributed by atoms with Gasteiger partial charge >= 0.3 is 0 Å². The Balaban J connectivity index is 1.13. The van der Waals surface area contributed by atoms with Crippen molar-refractivity contribution in [3.63, 3.8) is 0 Å².